The zero-order valence-corrected chi connectivity index (χ0v) is 17.2. The second kappa shape index (κ2) is 7.42. The molecule has 0 atom stereocenters. The number of rotatable bonds is 4. The summed E-state index contributed by atoms with van der Waals surface area (Å²) in [4.78, 5) is 17.5. The predicted octanol–water partition coefficient (Wildman–Crippen LogP) is 4.00. The highest BCUT2D eigenvalue weighted by molar-refractivity contribution is 7.90. The van der Waals surface area contributed by atoms with Gasteiger partial charge in [0.1, 0.15) is 0 Å². The molecule has 0 saturated carbocycles. The number of aromatic nitrogens is 1. The van der Waals surface area contributed by atoms with Crippen LogP contribution in [0, 0.1) is 6.92 Å². The minimum Gasteiger partial charge on any atom is -0.312 e. The van der Waals surface area contributed by atoms with E-state index in [1.807, 2.05) is 23.6 Å². The largest absolute Gasteiger partial charge is 0.312 e. The fourth-order valence-corrected chi connectivity index (χ4v) is 4.77. The molecule has 0 spiro atoms. The Hall–Kier alpha value is -2.22. The molecule has 2 aromatic carbocycles. The number of amides is 1. The topological polar surface area (TPSA) is 68.5 Å². The monoisotopic (exact) mass is 420 g/mol. The van der Waals surface area contributed by atoms with Crippen LogP contribution in [0.25, 0.3) is 10.2 Å². The molecule has 0 saturated heterocycles. The summed E-state index contributed by atoms with van der Waals surface area (Å²) in [6.07, 6.45) is 2.82. The molecule has 0 unspecified atom stereocenters. The summed E-state index contributed by atoms with van der Waals surface area (Å²) < 4.78 is 26.2. The molecule has 140 valence electrons. The number of thiazole rings is 1. The second-order valence-corrected chi connectivity index (χ2v) is 9.44. The Bertz CT molecular complexity index is 1240. The van der Waals surface area contributed by atoms with Crippen molar-refractivity contribution < 1.29 is 13.2 Å². The molecule has 5 nitrogen and oxygen atoms in total. The van der Waals surface area contributed by atoms with Gasteiger partial charge in [0, 0.05) is 18.4 Å². The van der Waals surface area contributed by atoms with Gasteiger partial charge in [0.25, 0.3) is 5.91 Å². The summed E-state index contributed by atoms with van der Waals surface area (Å²) in [7, 11) is -3.41. The van der Waals surface area contributed by atoms with Crippen LogP contribution in [-0.2, 0) is 16.4 Å². The Labute approximate surface area is 166 Å². The Morgan fingerprint density at radius 2 is 2.07 bits per heavy atom. The zero-order chi connectivity index (χ0) is 19.8. The van der Waals surface area contributed by atoms with Crippen LogP contribution in [0.1, 0.15) is 15.9 Å². The maximum absolute atomic E-state index is 12.7. The Balaban J connectivity index is 2.20. The molecule has 0 aliphatic rings. The predicted molar refractivity (Wildman–Crippen MR) is 109 cm³/mol. The van der Waals surface area contributed by atoms with Crippen LogP contribution in [-0.4, -0.2) is 25.1 Å². The molecule has 1 aromatic heterocycles. The van der Waals surface area contributed by atoms with Crippen LogP contribution in [0.3, 0.4) is 0 Å². The number of allylic oxidation sites excluding steroid dienone is 1. The second-order valence-electron chi connectivity index (χ2n) is 6.04. The molecule has 3 aromatic rings. The highest BCUT2D eigenvalue weighted by atomic mass is 35.5. The molecule has 3 rings (SSSR count). The number of aryl methyl sites for hydroxylation is 1. The van der Waals surface area contributed by atoms with E-state index in [9.17, 15) is 13.2 Å². The minimum atomic E-state index is -3.41. The van der Waals surface area contributed by atoms with Gasteiger partial charge in [-0.1, -0.05) is 41.1 Å². The van der Waals surface area contributed by atoms with Gasteiger partial charge >= 0.3 is 0 Å². The number of fused-ring (bicyclic) bond motifs is 1. The number of benzene rings is 2. The summed E-state index contributed by atoms with van der Waals surface area (Å²) in [6, 6.07) is 9.59. The highest BCUT2D eigenvalue weighted by Gasteiger charge is 2.14. The summed E-state index contributed by atoms with van der Waals surface area (Å²) in [5.41, 5.74) is 2.13. The number of carbonyl (C=O) groups is 1. The number of sulfone groups is 1. The average Bonchev–Trinajstić information content (AvgIpc) is 2.97. The van der Waals surface area contributed by atoms with Crippen LogP contribution in [0.5, 0.6) is 0 Å². The van der Waals surface area contributed by atoms with Gasteiger partial charge in [0.2, 0.25) is 0 Å². The fourth-order valence-electron chi connectivity index (χ4n) is 2.71. The molecule has 0 fully saturated rings. The van der Waals surface area contributed by atoms with Crippen LogP contribution in [0.15, 0.2) is 58.9 Å². The van der Waals surface area contributed by atoms with Crippen molar-refractivity contribution in [3.63, 3.8) is 0 Å². The van der Waals surface area contributed by atoms with Crippen LogP contribution in [0.2, 0.25) is 5.02 Å². The molecule has 0 radical (unpaired) electrons. The van der Waals surface area contributed by atoms with Crippen molar-refractivity contribution in [3.05, 3.63) is 70.0 Å². The maximum Gasteiger partial charge on any atom is 0.279 e. The van der Waals surface area contributed by atoms with Gasteiger partial charge in [0.15, 0.2) is 14.6 Å². The molecule has 0 bridgehead atoms. The smallest absolute Gasteiger partial charge is 0.279 e. The van der Waals surface area contributed by atoms with Gasteiger partial charge < -0.3 is 4.57 Å². The van der Waals surface area contributed by atoms with Gasteiger partial charge in [0.05, 0.1) is 20.1 Å². The van der Waals surface area contributed by atoms with Crippen molar-refractivity contribution in [2.24, 2.45) is 4.99 Å². The Morgan fingerprint density at radius 3 is 2.74 bits per heavy atom. The van der Waals surface area contributed by atoms with E-state index in [0.717, 1.165) is 22.0 Å². The van der Waals surface area contributed by atoms with E-state index in [1.54, 1.807) is 12.1 Å². The van der Waals surface area contributed by atoms with Crippen molar-refractivity contribution in [1.82, 2.24) is 4.57 Å². The minimum absolute atomic E-state index is 0.0812. The first-order chi connectivity index (χ1) is 12.7. The van der Waals surface area contributed by atoms with E-state index in [2.05, 4.69) is 11.6 Å². The normalized spacial score (nSPS) is 12.5. The van der Waals surface area contributed by atoms with Gasteiger partial charge in [-0.3, -0.25) is 4.79 Å². The van der Waals surface area contributed by atoms with Crippen molar-refractivity contribution in [3.8, 4) is 0 Å². The lowest BCUT2D eigenvalue weighted by atomic mass is 10.2. The van der Waals surface area contributed by atoms with E-state index >= 15 is 0 Å². The van der Waals surface area contributed by atoms with E-state index in [-0.39, 0.29) is 10.5 Å². The number of nitrogens with zero attached hydrogens (tertiary/aromatic N) is 2. The molecule has 0 N–H and O–H groups in total. The third kappa shape index (κ3) is 3.90. The number of hydrogen-bond acceptors (Lipinski definition) is 4. The number of carbonyl (C=O) groups excluding carboxylic acids is 1. The fraction of sp³-hybridized carbons (Fsp3) is 0.158. The summed E-state index contributed by atoms with van der Waals surface area (Å²) in [5, 5.41) is 0.589. The van der Waals surface area contributed by atoms with Crippen molar-refractivity contribution >= 4 is 48.9 Å². The van der Waals surface area contributed by atoms with Crippen LogP contribution in [0.4, 0.5) is 0 Å². The summed E-state index contributed by atoms with van der Waals surface area (Å²) in [5.74, 6) is -0.515. The maximum atomic E-state index is 12.7. The quantitative estimate of drug-likeness (QED) is 0.599. The standard InChI is InChI=1S/C19H17ClN2O3S2/c1-4-10-22-16-12(2)8-9-15(20)17(16)26-19(22)21-18(23)13-6-5-7-14(11-13)27(3,24)25/h4-9,11H,1,10H2,2-3H3. The summed E-state index contributed by atoms with van der Waals surface area (Å²) in [6.45, 7) is 6.20. The van der Waals surface area contributed by atoms with Gasteiger partial charge in [-0.25, -0.2) is 8.42 Å². The first-order valence-electron chi connectivity index (χ1n) is 8.01. The van der Waals surface area contributed by atoms with E-state index < -0.39 is 15.7 Å². The first-order valence-corrected chi connectivity index (χ1v) is 11.1. The van der Waals surface area contributed by atoms with Crippen LogP contribution >= 0.6 is 22.9 Å². The molecule has 1 heterocycles. The third-order valence-corrected chi connectivity index (χ3v) is 6.65. The third-order valence-electron chi connectivity index (χ3n) is 4.00. The Kier molecular flexibility index (Phi) is 5.37. The molecule has 0 aliphatic heterocycles. The molecular formula is C19H17ClN2O3S2. The van der Waals surface area contributed by atoms with Crippen LogP contribution < -0.4 is 4.80 Å². The van der Waals surface area contributed by atoms with Gasteiger partial charge in [-0.15, -0.1) is 6.58 Å². The Morgan fingerprint density at radius 1 is 1.33 bits per heavy atom. The lowest BCUT2D eigenvalue weighted by molar-refractivity contribution is 0.0997. The van der Waals surface area contributed by atoms with Crippen molar-refractivity contribution in [2.75, 3.05) is 6.26 Å². The van der Waals surface area contributed by atoms with Crippen molar-refractivity contribution in [2.45, 2.75) is 18.4 Å². The highest BCUT2D eigenvalue weighted by Crippen LogP contribution is 2.29. The first kappa shape index (κ1) is 19.5. The van der Waals surface area contributed by atoms with Gasteiger partial charge in [-0.2, -0.15) is 4.99 Å². The molecule has 27 heavy (non-hydrogen) atoms. The number of hydrogen-bond donors (Lipinski definition) is 0. The SMILES string of the molecule is C=CCn1c(=NC(=O)c2cccc(S(C)(=O)=O)c2)sc2c(Cl)ccc(C)c21. The van der Waals surface area contributed by atoms with E-state index in [1.165, 1.54) is 29.5 Å². The van der Waals surface area contributed by atoms with E-state index in [4.69, 9.17) is 11.6 Å². The molecule has 1 amide bonds. The lowest BCUT2D eigenvalue weighted by Gasteiger charge is -2.05. The zero-order valence-electron chi connectivity index (χ0n) is 14.8. The molecular weight excluding hydrogens is 404 g/mol. The number of halogens is 1. The lowest BCUT2D eigenvalue weighted by Crippen LogP contribution is -2.16. The molecule has 0 aliphatic carbocycles. The average molecular weight is 421 g/mol. The van der Waals surface area contributed by atoms with Crippen molar-refractivity contribution in [1.29, 1.82) is 0 Å². The molecule has 8 heteroatoms. The summed E-state index contributed by atoms with van der Waals surface area (Å²) >= 11 is 7.63. The van der Waals surface area contributed by atoms with Gasteiger partial charge in [-0.05, 0) is 36.8 Å². The van der Waals surface area contributed by atoms with E-state index in [0.29, 0.717) is 16.4 Å².